The largest absolute Gasteiger partial charge is 0.481 e. The van der Waals surface area contributed by atoms with E-state index in [9.17, 15) is 9.59 Å². The fourth-order valence-electron chi connectivity index (χ4n) is 2.79. The Morgan fingerprint density at radius 2 is 1.88 bits per heavy atom. The number of hydrogen-bond acceptors (Lipinski definition) is 2. The van der Waals surface area contributed by atoms with Crippen LogP contribution in [0.2, 0.25) is 0 Å². The number of aliphatic carboxylic acids is 1. The van der Waals surface area contributed by atoms with Crippen molar-refractivity contribution in [2.45, 2.75) is 39.0 Å². The highest BCUT2D eigenvalue weighted by Gasteiger charge is 2.38. The monoisotopic (exact) mass is 239 g/mol. The van der Waals surface area contributed by atoms with Gasteiger partial charge in [0.15, 0.2) is 0 Å². The minimum atomic E-state index is -0.821. The minimum Gasteiger partial charge on any atom is -0.481 e. The number of amides is 1. The van der Waals surface area contributed by atoms with Gasteiger partial charge in [-0.2, -0.15) is 0 Å². The van der Waals surface area contributed by atoms with Crippen LogP contribution in [-0.4, -0.2) is 23.5 Å². The molecule has 4 nitrogen and oxygen atoms in total. The summed E-state index contributed by atoms with van der Waals surface area (Å²) in [5.74, 6) is -0.344. The summed E-state index contributed by atoms with van der Waals surface area (Å²) in [4.78, 5) is 22.9. The van der Waals surface area contributed by atoms with Gasteiger partial charge in [0.1, 0.15) is 0 Å². The van der Waals surface area contributed by atoms with Gasteiger partial charge in [-0.15, -0.1) is 0 Å². The summed E-state index contributed by atoms with van der Waals surface area (Å²) in [7, 11) is 0. The zero-order chi connectivity index (χ0) is 12.4. The van der Waals surface area contributed by atoms with Crippen molar-refractivity contribution >= 4 is 11.9 Å². The lowest BCUT2D eigenvalue weighted by Gasteiger charge is -2.17. The van der Waals surface area contributed by atoms with Gasteiger partial charge in [0, 0.05) is 6.54 Å². The Bertz CT molecular complexity index is 312. The maximum Gasteiger partial charge on any atom is 0.307 e. The van der Waals surface area contributed by atoms with E-state index < -0.39 is 11.9 Å². The van der Waals surface area contributed by atoms with Crippen LogP contribution in [-0.2, 0) is 9.59 Å². The number of nitrogens with one attached hydrogen (secondary N) is 1. The molecule has 0 aromatic heterocycles. The predicted octanol–water partition coefficient (Wildman–Crippen LogP) is 1.65. The van der Waals surface area contributed by atoms with Crippen LogP contribution in [0, 0.1) is 23.7 Å². The first kappa shape index (κ1) is 12.4. The lowest BCUT2D eigenvalue weighted by molar-refractivity contribution is -0.146. The zero-order valence-electron chi connectivity index (χ0n) is 10.3. The molecule has 1 amide bonds. The molecule has 17 heavy (non-hydrogen) atoms. The number of hydrogen-bond donors (Lipinski definition) is 2. The van der Waals surface area contributed by atoms with Crippen molar-refractivity contribution in [3.05, 3.63) is 0 Å². The van der Waals surface area contributed by atoms with Crippen LogP contribution in [0.5, 0.6) is 0 Å². The van der Waals surface area contributed by atoms with E-state index in [1.165, 1.54) is 12.8 Å². The van der Waals surface area contributed by atoms with E-state index in [-0.39, 0.29) is 11.8 Å². The van der Waals surface area contributed by atoms with Crippen molar-refractivity contribution in [1.29, 1.82) is 0 Å². The average molecular weight is 239 g/mol. The molecule has 2 fully saturated rings. The summed E-state index contributed by atoms with van der Waals surface area (Å²) in [5.41, 5.74) is 0. The fourth-order valence-corrected chi connectivity index (χ4v) is 2.79. The van der Waals surface area contributed by atoms with Crippen LogP contribution < -0.4 is 5.32 Å². The summed E-state index contributed by atoms with van der Waals surface area (Å²) in [6, 6.07) is 0. The molecule has 0 aliphatic heterocycles. The minimum absolute atomic E-state index is 0.0533. The van der Waals surface area contributed by atoms with E-state index >= 15 is 0 Å². The second-order valence-corrected chi connectivity index (χ2v) is 5.54. The van der Waals surface area contributed by atoms with E-state index in [4.69, 9.17) is 5.11 Å². The van der Waals surface area contributed by atoms with Crippen molar-refractivity contribution < 1.29 is 14.7 Å². The van der Waals surface area contributed by atoms with E-state index in [0.717, 1.165) is 18.8 Å². The smallest absolute Gasteiger partial charge is 0.307 e. The molecular formula is C13H21NO3. The second kappa shape index (κ2) is 5.07. The summed E-state index contributed by atoms with van der Waals surface area (Å²) in [6.07, 6.45) is 4.77. The highest BCUT2D eigenvalue weighted by Crippen LogP contribution is 2.36. The molecule has 2 aliphatic carbocycles. The van der Waals surface area contributed by atoms with Crippen molar-refractivity contribution in [3.8, 4) is 0 Å². The van der Waals surface area contributed by atoms with Crippen LogP contribution in [0.15, 0.2) is 0 Å². The van der Waals surface area contributed by atoms with Gasteiger partial charge in [0.25, 0.3) is 0 Å². The first-order chi connectivity index (χ1) is 8.09. The lowest BCUT2D eigenvalue weighted by Crippen LogP contribution is -2.37. The van der Waals surface area contributed by atoms with Gasteiger partial charge in [-0.25, -0.2) is 0 Å². The van der Waals surface area contributed by atoms with Crippen molar-refractivity contribution in [2.75, 3.05) is 6.54 Å². The molecule has 2 rings (SSSR count). The predicted molar refractivity (Wildman–Crippen MR) is 63.4 cm³/mol. The Kier molecular flexibility index (Phi) is 3.69. The molecule has 0 heterocycles. The summed E-state index contributed by atoms with van der Waals surface area (Å²) in [5, 5.41) is 12.0. The maximum absolute atomic E-state index is 11.9. The number of rotatable bonds is 5. The molecule has 2 N–H and O–H groups in total. The number of carboxylic acids is 1. The van der Waals surface area contributed by atoms with Crippen LogP contribution in [0.3, 0.4) is 0 Å². The molecule has 0 radical (unpaired) electrons. The van der Waals surface area contributed by atoms with E-state index in [1.807, 2.05) is 0 Å². The van der Waals surface area contributed by atoms with Gasteiger partial charge in [0.2, 0.25) is 5.91 Å². The molecule has 3 unspecified atom stereocenters. The summed E-state index contributed by atoms with van der Waals surface area (Å²) >= 11 is 0. The number of carbonyl (C=O) groups excluding carboxylic acids is 1. The SMILES string of the molecule is CC(CNC(=O)C1CCCC1C(=O)O)C1CC1. The van der Waals surface area contributed by atoms with Crippen LogP contribution in [0.4, 0.5) is 0 Å². The van der Waals surface area contributed by atoms with Gasteiger partial charge in [-0.1, -0.05) is 13.3 Å². The molecule has 0 aromatic rings. The Balaban J connectivity index is 1.80. The third-order valence-corrected chi connectivity index (χ3v) is 4.19. The molecular weight excluding hydrogens is 218 g/mol. The topological polar surface area (TPSA) is 66.4 Å². The van der Waals surface area contributed by atoms with Crippen LogP contribution in [0.1, 0.15) is 39.0 Å². The first-order valence-corrected chi connectivity index (χ1v) is 6.60. The molecule has 4 heteroatoms. The van der Waals surface area contributed by atoms with Gasteiger partial charge >= 0.3 is 5.97 Å². The van der Waals surface area contributed by atoms with Crippen molar-refractivity contribution in [2.24, 2.45) is 23.7 Å². The summed E-state index contributed by atoms with van der Waals surface area (Å²) < 4.78 is 0. The van der Waals surface area contributed by atoms with Crippen molar-refractivity contribution in [3.63, 3.8) is 0 Å². The fraction of sp³-hybridized carbons (Fsp3) is 0.846. The Morgan fingerprint density at radius 1 is 1.24 bits per heavy atom. The van der Waals surface area contributed by atoms with E-state index in [2.05, 4.69) is 12.2 Å². The van der Waals surface area contributed by atoms with E-state index in [0.29, 0.717) is 18.9 Å². The zero-order valence-corrected chi connectivity index (χ0v) is 10.3. The Morgan fingerprint density at radius 3 is 2.47 bits per heavy atom. The highest BCUT2D eigenvalue weighted by molar-refractivity contribution is 5.85. The molecule has 0 aromatic carbocycles. The molecule has 96 valence electrons. The van der Waals surface area contributed by atoms with Crippen LogP contribution in [0.25, 0.3) is 0 Å². The average Bonchev–Trinajstić information content (AvgIpc) is 3.02. The van der Waals surface area contributed by atoms with E-state index in [1.54, 1.807) is 0 Å². The Hall–Kier alpha value is -1.06. The molecule has 0 saturated heterocycles. The molecule has 0 bridgehead atoms. The quantitative estimate of drug-likeness (QED) is 0.766. The molecule has 0 spiro atoms. The number of carboxylic acid groups (broad SMARTS) is 1. The maximum atomic E-state index is 11.9. The second-order valence-electron chi connectivity index (χ2n) is 5.54. The van der Waals surface area contributed by atoms with Gasteiger partial charge in [0.05, 0.1) is 11.8 Å². The van der Waals surface area contributed by atoms with Gasteiger partial charge in [-0.3, -0.25) is 9.59 Å². The standard InChI is InChI=1S/C13H21NO3/c1-8(9-5-6-9)7-14-12(15)10-3-2-4-11(10)13(16)17/h8-11H,2-7H2,1H3,(H,14,15)(H,16,17). The van der Waals surface area contributed by atoms with Gasteiger partial charge < -0.3 is 10.4 Å². The molecule has 2 saturated carbocycles. The third-order valence-electron chi connectivity index (χ3n) is 4.19. The number of carbonyl (C=O) groups is 2. The molecule has 3 atom stereocenters. The van der Waals surface area contributed by atoms with Gasteiger partial charge in [-0.05, 0) is 37.5 Å². The normalized spacial score (nSPS) is 29.9. The lowest BCUT2D eigenvalue weighted by atomic mass is 9.95. The third kappa shape index (κ3) is 2.99. The highest BCUT2D eigenvalue weighted by atomic mass is 16.4. The van der Waals surface area contributed by atoms with Crippen LogP contribution >= 0.6 is 0 Å². The Labute approximate surface area is 102 Å². The molecule has 2 aliphatic rings. The first-order valence-electron chi connectivity index (χ1n) is 6.60. The van der Waals surface area contributed by atoms with Crippen molar-refractivity contribution in [1.82, 2.24) is 5.32 Å². The summed E-state index contributed by atoms with van der Waals surface area (Å²) in [6.45, 7) is 2.85.